The number of hydrogen-bond donors (Lipinski definition) is 1. The van der Waals surface area contributed by atoms with Crippen LogP contribution < -0.4 is 5.32 Å². The van der Waals surface area contributed by atoms with Gasteiger partial charge in [-0.2, -0.15) is 5.10 Å². The molecule has 1 aliphatic rings. The second kappa shape index (κ2) is 4.78. The maximum Gasteiger partial charge on any atom is 0.0534 e. The molecule has 1 atom stereocenters. The van der Waals surface area contributed by atoms with Crippen LogP contribution in [-0.2, 0) is 13.6 Å². The van der Waals surface area contributed by atoms with Crippen LogP contribution >= 0.6 is 0 Å². The van der Waals surface area contributed by atoms with Gasteiger partial charge in [0.15, 0.2) is 0 Å². The van der Waals surface area contributed by atoms with Crippen molar-refractivity contribution in [3.05, 3.63) is 18.0 Å². The van der Waals surface area contributed by atoms with Crippen LogP contribution in [0.15, 0.2) is 12.4 Å². The van der Waals surface area contributed by atoms with Crippen LogP contribution in [-0.4, -0.2) is 40.4 Å². The van der Waals surface area contributed by atoms with Crippen molar-refractivity contribution in [2.24, 2.45) is 12.5 Å². The monoisotopic (exact) mass is 236 g/mol. The third-order valence-electron chi connectivity index (χ3n) is 3.50. The van der Waals surface area contributed by atoms with Crippen molar-refractivity contribution in [2.75, 3.05) is 19.6 Å². The fourth-order valence-corrected chi connectivity index (χ4v) is 2.58. The summed E-state index contributed by atoms with van der Waals surface area (Å²) < 4.78 is 1.88. The molecule has 1 saturated heterocycles. The number of nitrogens with one attached hydrogen (secondary N) is 1. The molecule has 0 spiro atoms. The molecule has 17 heavy (non-hydrogen) atoms. The Labute approximate surface area is 104 Å². The number of rotatable bonds is 2. The number of nitrogens with zero attached hydrogens (tertiary/aromatic N) is 3. The van der Waals surface area contributed by atoms with E-state index in [9.17, 15) is 0 Å². The van der Waals surface area contributed by atoms with Crippen LogP contribution in [0.3, 0.4) is 0 Å². The summed E-state index contributed by atoms with van der Waals surface area (Å²) in [6.45, 7) is 11.3. The Bertz CT molecular complexity index is 364. The summed E-state index contributed by atoms with van der Waals surface area (Å²) in [6.07, 6.45) is 4.09. The first-order valence-corrected chi connectivity index (χ1v) is 6.39. The van der Waals surface area contributed by atoms with Crippen molar-refractivity contribution < 1.29 is 0 Å². The summed E-state index contributed by atoms with van der Waals surface area (Å²) in [7, 11) is 1.97. The molecule has 4 heteroatoms. The maximum absolute atomic E-state index is 4.24. The van der Waals surface area contributed by atoms with Crippen LogP contribution in [0.25, 0.3) is 0 Å². The van der Waals surface area contributed by atoms with Crippen LogP contribution in [0.5, 0.6) is 0 Å². The first-order valence-electron chi connectivity index (χ1n) is 6.39. The van der Waals surface area contributed by atoms with E-state index in [2.05, 4.69) is 42.3 Å². The van der Waals surface area contributed by atoms with Crippen LogP contribution in [0, 0.1) is 5.41 Å². The van der Waals surface area contributed by atoms with Crippen LogP contribution in [0.1, 0.15) is 26.3 Å². The molecule has 2 rings (SSSR count). The van der Waals surface area contributed by atoms with Gasteiger partial charge in [-0.3, -0.25) is 9.58 Å². The molecule has 0 saturated carbocycles. The SMILES string of the molecule is Cn1cc(CN2CCNCC2C(C)(C)C)cn1. The van der Waals surface area contributed by atoms with Gasteiger partial charge in [0.2, 0.25) is 0 Å². The van der Waals surface area contributed by atoms with E-state index in [-0.39, 0.29) is 0 Å². The lowest BCUT2D eigenvalue weighted by atomic mass is 9.84. The van der Waals surface area contributed by atoms with Crippen LogP contribution in [0.4, 0.5) is 0 Å². The molecule has 1 fully saturated rings. The molecule has 0 aromatic carbocycles. The molecule has 96 valence electrons. The summed E-state index contributed by atoms with van der Waals surface area (Å²) >= 11 is 0. The number of aromatic nitrogens is 2. The first-order chi connectivity index (χ1) is 7.97. The summed E-state index contributed by atoms with van der Waals surface area (Å²) in [4.78, 5) is 2.58. The smallest absolute Gasteiger partial charge is 0.0534 e. The topological polar surface area (TPSA) is 33.1 Å². The molecular weight excluding hydrogens is 212 g/mol. The van der Waals surface area contributed by atoms with Crippen molar-refractivity contribution in [1.82, 2.24) is 20.0 Å². The van der Waals surface area contributed by atoms with Gasteiger partial charge in [0.25, 0.3) is 0 Å². The summed E-state index contributed by atoms with van der Waals surface area (Å²) in [5, 5.41) is 7.74. The largest absolute Gasteiger partial charge is 0.314 e. The fraction of sp³-hybridized carbons (Fsp3) is 0.769. The van der Waals surface area contributed by atoms with Crippen molar-refractivity contribution in [3.63, 3.8) is 0 Å². The van der Waals surface area contributed by atoms with Gasteiger partial charge in [0, 0.05) is 51.0 Å². The molecule has 1 unspecified atom stereocenters. The third-order valence-corrected chi connectivity index (χ3v) is 3.50. The second-order valence-electron chi connectivity index (χ2n) is 6.08. The van der Waals surface area contributed by atoms with Gasteiger partial charge in [-0.1, -0.05) is 20.8 Å². The fourth-order valence-electron chi connectivity index (χ4n) is 2.58. The lowest BCUT2D eigenvalue weighted by Gasteiger charge is -2.43. The second-order valence-corrected chi connectivity index (χ2v) is 6.08. The highest BCUT2D eigenvalue weighted by Gasteiger charge is 2.32. The Morgan fingerprint density at radius 2 is 2.24 bits per heavy atom. The van der Waals surface area contributed by atoms with E-state index in [0.29, 0.717) is 11.5 Å². The number of hydrogen-bond acceptors (Lipinski definition) is 3. The molecule has 1 N–H and O–H groups in total. The zero-order chi connectivity index (χ0) is 12.5. The third kappa shape index (κ3) is 3.07. The highest BCUT2D eigenvalue weighted by Crippen LogP contribution is 2.26. The Kier molecular flexibility index (Phi) is 3.54. The summed E-state index contributed by atoms with van der Waals surface area (Å²) in [5.74, 6) is 0. The van der Waals surface area contributed by atoms with Gasteiger partial charge in [-0.15, -0.1) is 0 Å². The van der Waals surface area contributed by atoms with Gasteiger partial charge in [-0.05, 0) is 5.41 Å². The van der Waals surface area contributed by atoms with Gasteiger partial charge in [0.1, 0.15) is 0 Å². The van der Waals surface area contributed by atoms with Crippen molar-refractivity contribution >= 4 is 0 Å². The van der Waals surface area contributed by atoms with Crippen molar-refractivity contribution in [1.29, 1.82) is 0 Å². The standard InChI is InChI=1S/C13H24N4/c1-13(2,3)12-8-14-5-6-17(12)10-11-7-15-16(4)9-11/h7,9,12,14H,5-6,8,10H2,1-4H3. The Morgan fingerprint density at radius 3 is 2.82 bits per heavy atom. The normalized spacial score (nSPS) is 22.9. The molecule has 1 aromatic heterocycles. The molecule has 0 aliphatic carbocycles. The van der Waals surface area contributed by atoms with Gasteiger partial charge < -0.3 is 5.32 Å². The average Bonchev–Trinajstić information content (AvgIpc) is 2.63. The van der Waals surface area contributed by atoms with E-state index in [1.54, 1.807) is 0 Å². The van der Waals surface area contributed by atoms with Crippen molar-refractivity contribution in [3.8, 4) is 0 Å². The Hall–Kier alpha value is -0.870. The predicted molar refractivity (Wildman–Crippen MR) is 69.7 cm³/mol. The van der Waals surface area contributed by atoms with E-state index in [1.165, 1.54) is 5.56 Å². The van der Waals surface area contributed by atoms with E-state index in [4.69, 9.17) is 0 Å². The minimum absolute atomic E-state index is 0.315. The predicted octanol–water partition coefficient (Wildman–Crippen LogP) is 1.24. The zero-order valence-electron chi connectivity index (χ0n) is 11.4. The Morgan fingerprint density at radius 1 is 1.47 bits per heavy atom. The molecule has 0 radical (unpaired) electrons. The maximum atomic E-state index is 4.24. The van der Waals surface area contributed by atoms with E-state index in [1.807, 2.05) is 17.9 Å². The molecule has 0 bridgehead atoms. The molecule has 2 heterocycles. The lowest BCUT2D eigenvalue weighted by molar-refractivity contribution is 0.0689. The number of piperazine rings is 1. The molecular formula is C13H24N4. The first kappa shape index (κ1) is 12.6. The summed E-state index contributed by atoms with van der Waals surface area (Å²) in [6, 6.07) is 0.594. The highest BCUT2D eigenvalue weighted by atomic mass is 15.3. The minimum atomic E-state index is 0.315. The van der Waals surface area contributed by atoms with Gasteiger partial charge in [0.05, 0.1) is 6.20 Å². The van der Waals surface area contributed by atoms with Crippen molar-refractivity contribution in [2.45, 2.75) is 33.4 Å². The minimum Gasteiger partial charge on any atom is -0.314 e. The van der Waals surface area contributed by atoms with Gasteiger partial charge in [-0.25, -0.2) is 0 Å². The number of aryl methyl sites for hydroxylation is 1. The van der Waals surface area contributed by atoms with Crippen LogP contribution in [0.2, 0.25) is 0 Å². The zero-order valence-corrected chi connectivity index (χ0v) is 11.4. The Balaban J connectivity index is 2.06. The molecule has 0 amide bonds. The highest BCUT2D eigenvalue weighted by molar-refractivity contribution is 5.05. The lowest BCUT2D eigenvalue weighted by Crippen LogP contribution is -2.56. The van der Waals surface area contributed by atoms with Gasteiger partial charge >= 0.3 is 0 Å². The molecule has 1 aromatic rings. The molecule has 4 nitrogen and oxygen atoms in total. The van der Waals surface area contributed by atoms with E-state index < -0.39 is 0 Å². The van der Waals surface area contributed by atoms with E-state index >= 15 is 0 Å². The average molecular weight is 236 g/mol. The van der Waals surface area contributed by atoms with E-state index in [0.717, 1.165) is 26.2 Å². The quantitative estimate of drug-likeness (QED) is 0.838. The molecule has 1 aliphatic heterocycles. The summed E-state index contributed by atoms with van der Waals surface area (Å²) in [5.41, 5.74) is 1.62.